The smallest absolute Gasteiger partial charge is 0.259 e. The SMILES string of the molecule is CCOc1c(Br)cc(Br)cc1C=Nc1sc2c(c1C(=O)Nc1ccccc1)CC[C@@H](C(C)(C)C)C2. The second kappa shape index (κ2) is 11.0. The molecule has 0 unspecified atom stereocenters. The van der Waals surface area contributed by atoms with Gasteiger partial charge in [-0.3, -0.25) is 4.79 Å². The van der Waals surface area contributed by atoms with Crippen LogP contribution >= 0.6 is 43.2 Å². The fourth-order valence-electron chi connectivity index (χ4n) is 4.45. The molecule has 1 aliphatic rings. The first-order chi connectivity index (χ1) is 16.7. The minimum Gasteiger partial charge on any atom is -0.492 e. The van der Waals surface area contributed by atoms with Crippen molar-refractivity contribution in [3.05, 3.63) is 73.0 Å². The number of carbonyl (C=O) groups is 1. The molecule has 7 heteroatoms. The number of carbonyl (C=O) groups excluding carboxylic acids is 1. The molecule has 0 fully saturated rings. The van der Waals surface area contributed by atoms with E-state index >= 15 is 0 Å². The molecule has 0 radical (unpaired) electrons. The molecular formula is C28H30Br2N2O2S. The van der Waals surface area contributed by atoms with Gasteiger partial charge in [-0.1, -0.05) is 54.9 Å². The Hall–Kier alpha value is -1.96. The monoisotopic (exact) mass is 616 g/mol. The van der Waals surface area contributed by atoms with E-state index in [-0.39, 0.29) is 11.3 Å². The fourth-order valence-corrected chi connectivity index (χ4v) is 7.09. The summed E-state index contributed by atoms with van der Waals surface area (Å²) in [5, 5.41) is 3.83. The number of halogens is 2. The highest BCUT2D eigenvalue weighted by Gasteiger charge is 2.33. The summed E-state index contributed by atoms with van der Waals surface area (Å²) in [5.41, 5.74) is 3.71. The molecule has 0 saturated carbocycles. The maximum Gasteiger partial charge on any atom is 0.259 e. The number of aliphatic imine (C=N–C) groups is 1. The molecule has 4 nitrogen and oxygen atoms in total. The van der Waals surface area contributed by atoms with Crippen LogP contribution in [0.25, 0.3) is 0 Å². The summed E-state index contributed by atoms with van der Waals surface area (Å²) in [5.74, 6) is 1.22. The average Bonchev–Trinajstić information content (AvgIpc) is 3.17. The highest BCUT2D eigenvalue weighted by molar-refractivity contribution is 9.11. The van der Waals surface area contributed by atoms with Crippen LogP contribution in [-0.4, -0.2) is 18.7 Å². The Labute approximate surface area is 228 Å². The molecule has 1 N–H and O–H groups in total. The van der Waals surface area contributed by atoms with Crippen molar-refractivity contribution >= 4 is 66.0 Å². The maximum absolute atomic E-state index is 13.5. The number of fused-ring (bicyclic) bond motifs is 1. The van der Waals surface area contributed by atoms with Crippen LogP contribution in [0.4, 0.5) is 10.7 Å². The first kappa shape index (κ1) is 26.1. The first-order valence-corrected chi connectivity index (χ1v) is 14.2. The maximum atomic E-state index is 13.5. The molecule has 35 heavy (non-hydrogen) atoms. The third-order valence-electron chi connectivity index (χ3n) is 6.38. The molecule has 1 aliphatic carbocycles. The van der Waals surface area contributed by atoms with E-state index in [0.29, 0.717) is 18.1 Å². The van der Waals surface area contributed by atoms with E-state index in [1.807, 2.05) is 49.4 Å². The summed E-state index contributed by atoms with van der Waals surface area (Å²) in [7, 11) is 0. The van der Waals surface area contributed by atoms with E-state index in [4.69, 9.17) is 9.73 Å². The number of ether oxygens (including phenoxy) is 1. The van der Waals surface area contributed by atoms with Crippen LogP contribution in [0.2, 0.25) is 0 Å². The van der Waals surface area contributed by atoms with Crippen LogP contribution in [0.1, 0.15) is 60.5 Å². The lowest BCUT2D eigenvalue weighted by Crippen LogP contribution is -2.27. The molecule has 3 aromatic rings. The van der Waals surface area contributed by atoms with E-state index in [0.717, 1.165) is 55.8 Å². The van der Waals surface area contributed by atoms with Gasteiger partial charge in [0.25, 0.3) is 5.91 Å². The minimum absolute atomic E-state index is 0.101. The van der Waals surface area contributed by atoms with Crippen LogP contribution in [0, 0.1) is 11.3 Å². The van der Waals surface area contributed by atoms with Crippen molar-refractivity contribution in [1.29, 1.82) is 0 Å². The second-order valence-electron chi connectivity index (χ2n) is 9.81. The number of para-hydroxylation sites is 1. The van der Waals surface area contributed by atoms with Gasteiger partial charge in [-0.2, -0.15) is 0 Å². The number of amides is 1. The normalized spacial score (nSPS) is 15.8. The third kappa shape index (κ3) is 6.07. The molecule has 1 aromatic heterocycles. The predicted octanol–water partition coefficient (Wildman–Crippen LogP) is 8.83. The van der Waals surface area contributed by atoms with Crippen molar-refractivity contribution in [3.8, 4) is 5.75 Å². The van der Waals surface area contributed by atoms with E-state index in [1.165, 1.54) is 4.88 Å². The van der Waals surface area contributed by atoms with Crippen molar-refractivity contribution in [2.45, 2.75) is 47.0 Å². The number of anilines is 1. The summed E-state index contributed by atoms with van der Waals surface area (Å²) in [4.78, 5) is 19.7. The molecule has 184 valence electrons. The molecule has 0 bridgehead atoms. The second-order valence-corrected chi connectivity index (χ2v) is 12.7. The molecule has 2 aromatic carbocycles. The molecule has 4 rings (SSSR count). The number of benzene rings is 2. The zero-order chi connectivity index (χ0) is 25.2. The molecular weight excluding hydrogens is 588 g/mol. The van der Waals surface area contributed by atoms with Gasteiger partial charge in [-0.05, 0) is 83.3 Å². The summed E-state index contributed by atoms with van der Waals surface area (Å²) in [6.07, 6.45) is 4.76. The van der Waals surface area contributed by atoms with Crippen LogP contribution in [0.5, 0.6) is 5.75 Å². The topological polar surface area (TPSA) is 50.7 Å². The zero-order valence-corrected chi connectivity index (χ0v) is 24.4. The van der Waals surface area contributed by atoms with Gasteiger partial charge in [-0.15, -0.1) is 11.3 Å². The van der Waals surface area contributed by atoms with Gasteiger partial charge in [-0.25, -0.2) is 4.99 Å². The zero-order valence-electron chi connectivity index (χ0n) is 20.5. The minimum atomic E-state index is -0.101. The summed E-state index contributed by atoms with van der Waals surface area (Å²) >= 11 is 8.80. The number of hydrogen-bond donors (Lipinski definition) is 1. The fraction of sp³-hybridized carbons (Fsp3) is 0.357. The van der Waals surface area contributed by atoms with Crippen LogP contribution in [-0.2, 0) is 12.8 Å². The lowest BCUT2D eigenvalue weighted by atomic mass is 9.72. The predicted molar refractivity (Wildman–Crippen MR) is 154 cm³/mol. The average molecular weight is 618 g/mol. The molecule has 1 amide bonds. The number of nitrogens with one attached hydrogen (secondary N) is 1. The van der Waals surface area contributed by atoms with Crippen LogP contribution in [0.15, 0.2) is 56.4 Å². The Kier molecular flexibility index (Phi) is 8.19. The van der Waals surface area contributed by atoms with Crippen LogP contribution < -0.4 is 10.1 Å². The highest BCUT2D eigenvalue weighted by Crippen LogP contribution is 2.45. The van der Waals surface area contributed by atoms with Gasteiger partial charge in [0.1, 0.15) is 10.8 Å². The van der Waals surface area contributed by atoms with Gasteiger partial charge >= 0.3 is 0 Å². The molecule has 0 spiro atoms. The van der Waals surface area contributed by atoms with E-state index in [1.54, 1.807) is 17.6 Å². The van der Waals surface area contributed by atoms with E-state index in [2.05, 4.69) is 57.9 Å². The summed E-state index contributed by atoms with van der Waals surface area (Å²) < 4.78 is 7.65. The Morgan fingerprint density at radius 3 is 2.66 bits per heavy atom. The quantitative estimate of drug-likeness (QED) is 0.281. The van der Waals surface area contributed by atoms with E-state index < -0.39 is 0 Å². The van der Waals surface area contributed by atoms with E-state index in [9.17, 15) is 4.79 Å². The lowest BCUT2D eigenvalue weighted by molar-refractivity contribution is 0.102. The molecule has 0 aliphatic heterocycles. The Morgan fingerprint density at radius 2 is 1.97 bits per heavy atom. The third-order valence-corrected chi connectivity index (χ3v) is 8.59. The largest absolute Gasteiger partial charge is 0.492 e. The van der Waals surface area contributed by atoms with Crippen molar-refractivity contribution in [2.24, 2.45) is 16.3 Å². The highest BCUT2D eigenvalue weighted by atomic mass is 79.9. The Balaban J connectivity index is 1.75. The van der Waals surface area contributed by atoms with Crippen molar-refractivity contribution < 1.29 is 9.53 Å². The Morgan fingerprint density at radius 1 is 1.23 bits per heavy atom. The van der Waals surface area contributed by atoms with Gasteiger partial charge in [0, 0.05) is 26.8 Å². The van der Waals surface area contributed by atoms with Crippen molar-refractivity contribution in [1.82, 2.24) is 0 Å². The molecule has 1 atom stereocenters. The number of rotatable bonds is 6. The van der Waals surface area contributed by atoms with Gasteiger partial charge in [0.05, 0.1) is 16.6 Å². The Bertz CT molecular complexity index is 1250. The van der Waals surface area contributed by atoms with Crippen LogP contribution in [0.3, 0.4) is 0 Å². The van der Waals surface area contributed by atoms with Gasteiger partial charge in [0.2, 0.25) is 0 Å². The number of thiophene rings is 1. The molecule has 1 heterocycles. The lowest BCUT2D eigenvalue weighted by Gasteiger charge is -2.33. The first-order valence-electron chi connectivity index (χ1n) is 11.8. The summed E-state index contributed by atoms with van der Waals surface area (Å²) in [6, 6.07) is 13.5. The van der Waals surface area contributed by atoms with Crippen molar-refractivity contribution in [3.63, 3.8) is 0 Å². The van der Waals surface area contributed by atoms with Gasteiger partial charge < -0.3 is 10.1 Å². The number of nitrogens with zero attached hydrogens (tertiary/aromatic N) is 1. The van der Waals surface area contributed by atoms with Crippen molar-refractivity contribution in [2.75, 3.05) is 11.9 Å². The van der Waals surface area contributed by atoms with Gasteiger partial charge in [0.15, 0.2) is 0 Å². The number of hydrogen-bond acceptors (Lipinski definition) is 4. The standard InChI is InChI=1S/C28H30Br2N2O2S/c1-5-34-25-17(13-19(29)15-22(25)30)16-31-27-24(26(33)32-20-9-7-6-8-10-20)21-12-11-18(28(2,3)4)14-23(21)35-27/h6-10,13,15-16,18H,5,11-12,14H2,1-4H3,(H,32,33)/t18-/m1/s1. The molecule has 0 saturated heterocycles. The summed E-state index contributed by atoms with van der Waals surface area (Å²) in [6.45, 7) is 9.42.